The molecule has 3 nitrogen and oxygen atoms in total. The maximum absolute atomic E-state index is 4.44. The lowest BCUT2D eigenvalue weighted by atomic mass is 10.0. The molecule has 0 amide bonds. The van der Waals surface area contributed by atoms with Gasteiger partial charge >= 0.3 is 0 Å². The maximum atomic E-state index is 4.44. The summed E-state index contributed by atoms with van der Waals surface area (Å²) in [6, 6.07) is 0.634. The van der Waals surface area contributed by atoms with Gasteiger partial charge in [0.15, 0.2) is 0 Å². The van der Waals surface area contributed by atoms with Crippen LogP contribution in [-0.4, -0.2) is 35.6 Å². The Morgan fingerprint density at radius 2 is 2.44 bits per heavy atom. The number of aromatic nitrogens is 1. The Labute approximate surface area is 102 Å². The zero-order chi connectivity index (χ0) is 11.5. The number of aryl methyl sites for hydroxylation is 1. The van der Waals surface area contributed by atoms with Gasteiger partial charge in [-0.1, -0.05) is 13.8 Å². The summed E-state index contributed by atoms with van der Waals surface area (Å²) in [7, 11) is 0. The van der Waals surface area contributed by atoms with Crippen LogP contribution in [0.25, 0.3) is 0 Å². The van der Waals surface area contributed by atoms with Crippen molar-refractivity contribution in [2.24, 2.45) is 5.92 Å². The van der Waals surface area contributed by atoms with Gasteiger partial charge in [0.1, 0.15) is 5.01 Å². The van der Waals surface area contributed by atoms with Crippen molar-refractivity contribution in [1.29, 1.82) is 0 Å². The Hall–Kier alpha value is -0.450. The van der Waals surface area contributed by atoms with E-state index in [-0.39, 0.29) is 0 Å². The number of piperazine rings is 1. The van der Waals surface area contributed by atoms with Gasteiger partial charge in [-0.25, -0.2) is 4.98 Å². The Morgan fingerprint density at radius 3 is 3.06 bits per heavy atom. The fourth-order valence-electron chi connectivity index (χ4n) is 2.10. The molecule has 1 aromatic heterocycles. The second-order valence-corrected chi connectivity index (χ2v) is 6.22. The van der Waals surface area contributed by atoms with Crippen molar-refractivity contribution >= 4 is 11.3 Å². The third kappa shape index (κ3) is 3.03. The van der Waals surface area contributed by atoms with Gasteiger partial charge < -0.3 is 5.32 Å². The Kier molecular flexibility index (Phi) is 3.95. The normalized spacial score (nSPS) is 22.9. The van der Waals surface area contributed by atoms with E-state index in [4.69, 9.17) is 0 Å². The average molecular weight is 239 g/mol. The molecular formula is C12H21N3S. The molecule has 2 rings (SSSR count). The zero-order valence-electron chi connectivity index (χ0n) is 10.4. The van der Waals surface area contributed by atoms with Crippen LogP contribution in [0.3, 0.4) is 0 Å². The summed E-state index contributed by atoms with van der Waals surface area (Å²) in [4.78, 5) is 8.26. The van der Waals surface area contributed by atoms with Crippen molar-refractivity contribution in [3.63, 3.8) is 0 Å². The molecular weight excluding hydrogens is 218 g/mol. The Balaban J connectivity index is 1.90. The summed E-state index contributed by atoms with van der Waals surface area (Å²) in [5, 5.41) is 4.83. The third-order valence-corrected chi connectivity index (χ3v) is 4.02. The highest BCUT2D eigenvalue weighted by Gasteiger charge is 2.22. The van der Waals surface area contributed by atoms with Gasteiger partial charge in [0.25, 0.3) is 0 Å². The number of nitrogens with zero attached hydrogens (tertiary/aromatic N) is 2. The molecule has 1 atom stereocenters. The number of hydrogen-bond donors (Lipinski definition) is 1. The molecule has 1 aromatic rings. The molecule has 90 valence electrons. The molecule has 1 aliphatic rings. The molecule has 0 aromatic carbocycles. The monoisotopic (exact) mass is 239 g/mol. The molecule has 1 aliphatic heterocycles. The van der Waals surface area contributed by atoms with Crippen LogP contribution >= 0.6 is 11.3 Å². The molecule has 1 unspecified atom stereocenters. The fraction of sp³-hybridized carbons (Fsp3) is 0.750. The van der Waals surface area contributed by atoms with E-state index < -0.39 is 0 Å². The minimum atomic E-state index is 0.634. The van der Waals surface area contributed by atoms with Crippen LogP contribution in [0.15, 0.2) is 6.20 Å². The van der Waals surface area contributed by atoms with Crippen LogP contribution in [0.1, 0.15) is 23.7 Å². The van der Waals surface area contributed by atoms with E-state index in [0.717, 1.165) is 26.2 Å². The highest BCUT2D eigenvalue weighted by atomic mass is 32.1. The Bertz CT molecular complexity index is 335. The first kappa shape index (κ1) is 12.0. The highest BCUT2D eigenvalue weighted by Crippen LogP contribution is 2.16. The molecule has 0 spiro atoms. The smallest absolute Gasteiger partial charge is 0.107 e. The SMILES string of the molecule is Cc1cnc(CN2CCNC(C(C)C)C2)s1. The van der Waals surface area contributed by atoms with E-state index in [0.29, 0.717) is 12.0 Å². The van der Waals surface area contributed by atoms with E-state index >= 15 is 0 Å². The quantitative estimate of drug-likeness (QED) is 0.873. The number of hydrogen-bond acceptors (Lipinski definition) is 4. The molecule has 2 heterocycles. The molecule has 1 saturated heterocycles. The summed E-state index contributed by atoms with van der Waals surface area (Å²) in [6.45, 7) is 11.1. The average Bonchev–Trinajstić information content (AvgIpc) is 2.64. The minimum absolute atomic E-state index is 0.634. The minimum Gasteiger partial charge on any atom is -0.311 e. The van der Waals surface area contributed by atoms with Crippen molar-refractivity contribution in [1.82, 2.24) is 15.2 Å². The van der Waals surface area contributed by atoms with Crippen molar-refractivity contribution in [2.75, 3.05) is 19.6 Å². The molecule has 16 heavy (non-hydrogen) atoms. The first-order chi connectivity index (χ1) is 7.65. The molecule has 1 fully saturated rings. The van der Waals surface area contributed by atoms with E-state index in [2.05, 4.69) is 36.0 Å². The standard InChI is InChI=1S/C12H21N3S/c1-9(2)11-7-15(5-4-13-11)8-12-14-6-10(3)16-12/h6,9,11,13H,4-5,7-8H2,1-3H3. The largest absolute Gasteiger partial charge is 0.311 e. The second-order valence-electron chi connectivity index (χ2n) is 4.90. The molecule has 1 N–H and O–H groups in total. The summed E-state index contributed by atoms with van der Waals surface area (Å²) in [5.41, 5.74) is 0. The van der Waals surface area contributed by atoms with Crippen molar-refractivity contribution in [2.45, 2.75) is 33.4 Å². The predicted molar refractivity (Wildman–Crippen MR) is 68.8 cm³/mol. The second kappa shape index (κ2) is 5.25. The highest BCUT2D eigenvalue weighted by molar-refractivity contribution is 7.11. The molecule has 0 bridgehead atoms. The zero-order valence-corrected chi connectivity index (χ0v) is 11.2. The van der Waals surface area contributed by atoms with Crippen LogP contribution in [-0.2, 0) is 6.54 Å². The Morgan fingerprint density at radius 1 is 1.62 bits per heavy atom. The summed E-state index contributed by atoms with van der Waals surface area (Å²) in [5.74, 6) is 0.709. The lowest BCUT2D eigenvalue weighted by molar-refractivity contribution is 0.168. The van der Waals surface area contributed by atoms with Gasteiger partial charge in [-0.2, -0.15) is 0 Å². The van der Waals surface area contributed by atoms with Crippen LogP contribution in [0.5, 0.6) is 0 Å². The van der Waals surface area contributed by atoms with Gasteiger partial charge in [0.2, 0.25) is 0 Å². The molecule has 0 saturated carbocycles. The van der Waals surface area contributed by atoms with E-state index in [9.17, 15) is 0 Å². The number of rotatable bonds is 3. The van der Waals surface area contributed by atoms with Gasteiger partial charge in [-0.15, -0.1) is 11.3 Å². The number of thiazole rings is 1. The van der Waals surface area contributed by atoms with Gasteiger partial charge in [0.05, 0.1) is 6.54 Å². The van der Waals surface area contributed by atoms with Crippen LogP contribution in [0, 0.1) is 12.8 Å². The maximum Gasteiger partial charge on any atom is 0.107 e. The van der Waals surface area contributed by atoms with Crippen LogP contribution < -0.4 is 5.32 Å². The van der Waals surface area contributed by atoms with Crippen LogP contribution in [0.2, 0.25) is 0 Å². The predicted octanol–water partition coefficient (Wildman–Crippen LogP) is 1.88. The van der Waals surface area contributed by atoms with Crippen molar-refractivity contribution in [3.8, 4) is 0 Å². The fourth-order valence-corrected chi connectivity index (χ4v) is 2.93. The van der Waals surface area contributed by atoms with Crippen molar-refractivity contribution in [3.05, 3.63) is 16.1 Å². The number of nitrogens with one attached hydrogen (secondary N) is 1. The summed E-state index contributed by atoms with van der Waals surface area (Å²) >= 11 is 1.82. The molecule has 0 radical (unpaired) electrons. The first-order valence-corrected chi connectivity index (χ1v) is 6.84. The van der Waals surface area contributed by atoms with Crippen molar-refractivity contribution < 1.29 is 0 Å². The van der Waals surface area contributed by atoms with Gasteiger partial charge in [-0.3, -0.25) is 4.90 Å². The van der Waals surface area contributed by atoms with Crippen LogP contribution in [0.4, 0.5) is 0 Å². The molecule has 0 aliphatic carbocycles. The first-order valence-electron chi connectivity index (χ1n) is 6.02. The topological polar surface area (TPSA) is 28.2 Å². The van der Waals surface area contributed by atoms with Gasteiger partial charge in [-0.05, 0) is 12.8 Å². The van der Waals surface area contributed by atoms with E-state index in [1.165, 1.54) is 9.88 Å². The summed E-state index contributed by atoms with van der Waals surface area (Å²) in [6.07, 6.45) is 1.97. The molecule has 4 heteroatoms. The lowest BCUT2D eigenvalue weighted by Gasteiger charge is -2.35. The van der Waals surface area contributed by atoms with Gasteiger partial charge in [0, 0.05) is 36.8 Å². The lowest BCUT2D eigenvalue weighted by Crippen LogP contribution is -2.52. The van der Waals surface area contributed by atoms with E-state index in [1.54, 1.807) is 0 Å². The summed E-state index contributed by atoms with van der Waals surface area (Å²) < 4.78 is 0. The van der Waals surface area contributed by atoms with E-state index in [1.807, 2.05) is 17.5 Å². The third-order valence-electron chi connectivity index (χ3n) is 3.12.